The Morgan fingerprint density at radius 2 is 1.90 bits per heavy atom. The van der Waals surface area contributed by atoms with Crippen LogP contribution in [0.15, 0.2) is 0 Å². The van der Waals surface area contributed by atoms with Gasteiger partial charge in [0, 0.05) is 31.6 Å². The van der Waals surface area contributed by atoms with Gasteiger partial charge in [0.05, 0.1) is 0 Å². The molecule has 110 valence electrons. The van der Waals surface area contributed by atoms with Crippen LogP contribution in [-0.4, -0.2) is 40.9 Å². The molecule has 0 spiro atoms. The first-order valence-electron chi connectivity index (χ1n) is 8.31. The summed E-state index contributed by atoms with van der Waals surface area (Å²) in [6.07, 6.45) is 9.27. The quantitative estimate of drug-likeness (QED) is 0.867. The topological polar surface area (TPSA) is 56.8 Å². The van der Waals surface area contributed by atoms with Crippen molar-refractivity contribution in [2.24, 2.45) is 5.92 Å². The molecule has 0 radical (unpaired) electrons. The van der Waals surface area contributed by atoms with Gasteiger partial charge in [-0.25, -0.2) is 0 Å². The van der Waals surface area contributed by atoms with Gasteiger partial charge in [0.15, 0.2) is 0 Å². The Hall–Kier alpha value is -1.10. The van der Waals surface area contributed by atoms with Crippen molar-refractivity contribution in [3.63, 3.8) is 0 Å². The van der Waals surface area contributed by atoms with Crippen LogP contribution in [-0.2, 0) is 0 Å². The van der Waals surface area contributed by atoms with Crippen LogP contribution in [0, 0.1) is 5.92 Å². The van der Waals surface area contributed by atoms with Gasteiger partial charge in [-0.05, 0) is 31.6 Å². The minimum absolute atomic E-state index is 0.610. The van der Waals surface area contributed by atoms with E-state index in [0.29, 0.717) is 12.0 Å². The monoisotopic (exact) mass is 275 g/mol. The maximum absolute atomic E-state index is 4.85. The maximum atomic E-state index is 4.85. The summed E-state index contributed by atoms with van der Waals surface area (Å²) in [5.74, 6) is 3.49. The van der Waals surface area contributed by atoms with Crippen LogP contribution in [0.3, 0.4) is 0 Å². The van der Waals surface area contributed by atoms with E-state index >= 15 is 0 Å². The zero-order valence-corrected chi connectivity index (χ0v) is 12.1. The minimum Gasteiger partial charge on any atom is -0.335 e. The second-order valence-electron chi connectivity index (χ2n) is 6.68. The van der Waals surface area contributed by atoms with Crippen molar-refractivity contribution in [2.75, 3.05) is 24.5 Å². The molecule has 4 rings (SSSR count). The average molecular weight is 275 g/mol. The normalized spacial score (nSPS) is 31.5. The molecule has 0 bridgehead atoms. The van der Waals surface area contributed by atoms with Crippen LogP contribution >= 0.6 is 0 Å². The van der Waals surface area contributed by atoms with Crippen molar-refractivity contribution in [3.05, 3.63) is 5.82 Å². The summed E-state index contributed by atoms with van der Waals surface area (Å²) < 4.78 is 0. The van der Waals surface area contributed by atoms with Gasteiger partial charge >= 0.3 is 0 Å². The number of nitrogens with one attached hydrogen (secondary N) is 2. The molecular formula is C15H25N5. The maximum Gasteiger partial charge on any atom is 0.245 e. The molecule has 3 aliphatic rings. The molecule has 5 nitrogen and oxygen atoms in total. The molecule has 2 saturated heterocycles. The van der Waals surface area contributed by atoms with Crippen LogP contribution in [0.5, 0.6) is 0 Å². The number of hydrogen-bond acceptors (Lipinski definition) is 4. The summed E-state index contributed by atoms with van der Waals surface area (Å²) in [4.78, 5) is 7.29. The standard InChI is InChI=1S/C15H25N5/c1-2-5-11(6-3-1)14-17-15(19-18-14)20-8-4-7-12-9-16-10-13(12)20/h11-13,16H,1-10H2,(H,17,18,19). The first-order valence-corrected chi connectivity index (χ1v) is 8.31. The third-order valence-corrected chi connectivity index (χ3v) is 5.42. The Balaban J connectivity index is 1.51. The Bertz CT molecular complexity index is 451. The van der Waals surface area contributed by atoms with Crippen LogP contribution in [0.1, 0.15) is 56.7 Å². The van der Waals surface area contributed by atoms with E-state index in [0.717, 1.165) is 30.8 Å². The fourth-order valence-electron chi connectivity index (χ4n) is 4.27. The van der Waals surface area contributed by atoms with Gasteiger partial charge in [0.1, 0.15) is 5.82 Å². The van der Waals surface area contributed by atoms with Crippen molar-refractivity contribution in [1.82, 2.24) is 20.5 Å². The Morgan fingerprint density at radius 1 is 1.00 bits per heavy atom. The van der Waals surface area contributed by atoms with Crippen molar-refractivity contribution in [2.45, 2.75) is 56.9 Å². The first kappa shape index (κ1) is 12.6. The van der Waals surface area contributed by atoms with Gasteiger partial charge in [-0.2, -0.15) is 4.98 Å². The first-order chi connectivity index (χ1) is 9.92. The molecule has 3 fully saturated rings. The Morgan fingerprint density at radius 3 is 2.80 bits per heavy atom. The highest BCUT2D eigenvalue weighted by Gasteiger charge is 2.36. The van der Waals surface area contributed by atoms with Gasteiger partial charge in [0.2, 0.25) is 5.95 Å². The van der Waals surface area contributed by atoms with E-state index in [4.69, 9.17) is 4.98 Å². The van der Waals surface area contributed by atoms with E-state index < -0.39 is 0 Å². The molecule has 2 aliphatic heterocycles. The summed E-state index contributed by atoms with van der Waals surface area (Å²) in [6.45, 7) is 3.38. The smallest absolute Gasteiger partial charge is 0.245 e. The number of aromatic nitrogens is 3. The van der Waals surface area contributed by atoms with Crippen LogP contribution in [0.2, 0.25) is 0 Å². The molecule has 2 N–H and O–H groups in total. The number of rotatable bonds is 2. The summed E-state index contributed by atoms with van der Waals surface area (Å²) in [7, 11) is 0. The molecule has 1 saturated carbocycles. The molecule has 20 heavy (non-hydrogen) atoms. The lowest BCUT2D eigenvalue weighted by Crippen LogP contribution is -2.45. The predicted molar refractivity (Wildman–Crippen MR) is 78.9 cm³/mol. The van der Waals surface area contributed by atoms with Gasteiger partial charge in [-0.15, -0.1) is 5.10 Å². The zero-order chi connectivity index (χ0) is 13.4. The Labute approximate surface area is 120 Å². The summed E-state index contributed by atoms with van der Waals surface area (Å²) >= 11 is 0. The molecule has 1 aliphatic carbocycles. The van der Waals surface area contributed by atoms with Crippen LogP contribution in [0.4, 0.5) is 5.95 Å². The number of piperidine rings is 1. The van der Waals surface area contributed by atoms with Gasteiger partial charge < -0.3 is 10.2 Å². The highest BCUT2D eigenvalue weighted by Crippen LogP contribution is 2.33. The van der Waals surface area contributed by atoms with Gasteiger partial charge in [-0.3, -0.25) is 5.10 Å². The van der Waals surface area contributed by atoms with Crippen LogP contribution < -0.4 is 10.2 Å². The molecule has 2 unspecified atom stereocenters. The van der Waals surface area contributed by atoms with Gasteiger partial charge in [-0.1, -0.05) is 19.3 Å². The number of fused-ring (bicyclic) bond motifs is 1. The SMILES string of the molecule is C1CCC(c2nc(N3CCCC4CNCC43)n[nH]2)CC1. The van der Waals surface area contributed by atoms with E-state index in [9.17, 15) is 0 Å². The molecule has 2 atom stereocenters. The number of hydrogen-bond donors (Lipinski definition) is 2. The third kappa shape index (κ3) is 2.22. The second kappa shape index (κ2) is 5.35. The lowest BCUT2D eigenvalue weighted by atomic mass is 9.89. The van der Waals surface area contributed by atoms with Gasteiger partial charge in [0.25, 0.3) is 0 Å². The van der Waals surface area contributed by atoms with E-state index in [1.165, 1.54) is 51.5 Å². The fraction of sp³-hybridized carbons (Fsp3) is 0.867. The Kier molecular flexibility index (Phi) is 3.38. The lowest BCUT2D eigenvalue weighted by Gasteiger charge is -2.36. The highest BCUT2D eigenvalue weighted by molar-refractivity contribution is 5.33. The van der Waals surface area contributed by atoms with E-state index in [1.807, 2.05) is 0 Å². The van der Waals surface area contributed by atoms with Crippen molar-refractivity contribution >= 4 is 5.95 Å². The van der Waals surface area contributed by atoms with E-state index in [1.54, 1.807) is 0 Å². The molecule has 0 amide bonds. The summed E-state index contributed by atoms with van der Waals surface area (Å²) in [5, 5.41) is 11.3. The molecule has 5 heteroatoms. The molecule has 0 aromatic carbocycles. The molecular weight excluding hydrogens is 250 g/mol. The largest absolute Gasteiger partial charge is 0.335 e. The fourth-order valence-corrected chi connectivity index (χ4v) is 4.27. The highest BCUT2D eigenvalue weighted by atomic mass is 15.4. The molecule has 1 aromatic heterocycles. The number of H-pyrrole nitrogens is 1. The number of nitrogens with zero attached hydrogens (tertiary/aromatic N) is 3. The third-order valence-electron chi connectivity index (χ3n) is 5.42. The number of aromatic amines is 1. The van der Waals surface area contributed by atoms with Crippen molar-refractivity contribution < 1.29 is 0 Å². The van der Waals surface area contributed by atoms with E-state index in [2.05, 4.69) is 20.4 Å². The molecule has 3 heterocycles. The van der Waals surface area contributed by atoms with E-state index in [-0.39, 0.29) is 0 Å². The predicted octanol–water partition coefficient (Wildman–Crippen LogP) is 2.04. The second-order valence-corrected chi connectivity index (χ2v) is 6.68. The van der Waals surface area contributed by atoms with Crippen molar-refractivity contribution in [3.8, 4) is 0 Å². The summed E-state index contributed by atoms with van der Waals surface area (Å²) in [6, 6.07) is 0.610. The van der Waals surface area contributed by atoms with Crippen LogP contribution in [0.25, 0.3) is 0 Å². The average Bonchev–Trinajstić information content (AvgIpc) is 3.17. The number of anilines is 1. The van der Waals surface area contributed by atoms with Crippen molar-refractivity contribution in [1.29, 1.82) is 0 Å². The zero-order valence-electron chi connectivity index (χ0n) is 12.1. The minimum atomic E-state index is 0.610. The lowest BCUT2D eigenvalue weighted by molar-refractivity contribution is 0.381. The summed E-state index contributed by atoms with van der Waals surface area (Å²) in [5.41, 5.74) is 0. The molecule has 1 aromatic rings.